The maximum Gasteiger partial charge on any atom is 0.573 e. The molecule has 0 radical (unpaired) electrons. The van der Waals surface area contributed by atoms with Crippen molar-refractivity contribution < 1.29 is 31.6 Å². The normalized spacial score (nSPS) is 14.5. The number of piperazine rings is 1. The Morgan fingerprint density at radius 3 is 2.31 bits per heavy atom. The monoisotopic (exact) mass is 449 g/mol. The number of benzene rings is 2. The molecule has 1 fully saturated rings. The van der Waals surface area contributed by atoms with E-state index in [0.29, 0.717) is 43.2 Å². The Balaban J connectivity index is 1.50. The number of aryl methyl sites for hydroxylation is 1. The molecular weight excluding hydrogens is 430 g/mol. The second-order valence-electron chi connectivity index (χ2n) is 7.27. The molecule has 168 valence electrons. The molecule has 0 spiro atoms. The third kappa shape index (κ3) is 4.53. The first kappa shape index (κ1) is 21.7. The Morgan fingerprint density at radius 1 is 1.03 bits per heavy atom. The molecule has 0 aliphatic carbocycles. The Morgan fingerprint density at radius 2 is 1.69 bits per heavy atom. The SMILES string of the molecule is Cc1onc(-c2ccc(OC(F)(F)F)cc2)c1C(=O)N1CCN(c2ccccc2F)CC1. The van der Waals surface area contributed by atoms with Crippen LogP contribution in [0.1, 0.15) is 16.1 Å². The minimum absolute atomic E-state index is 0.239. The molecule has 0 unspecified atom stereocenters. The van der Waals surface area contributed by atoms with Gasteiger partial charge in [-0.15, -0.1) is 13.2 Å². The van der Waals surface area contributed by atoms with Gasteiger partial charge in [-0.3, -0.25) is 4.79 Å². The lowest BCUT2D eigenvalue weighted by molar-refractivity contribution is -0.274. The number of hydrogen-bond donors (Lipinski definition) is 0. The molecule has 0 bridgehead atoms. The molecular formula is C22H19F4N3O3. The Kier molecular flexibility index (Phi) is 5.77. The Bertz CT molecular complexity index is 1100. The largest absolute Gasteiger partial charge is 0.573 e. The highest BCUT2D eigenvalue weighted by Gasteiger charge is 2.32. The van der Waals surface area contributed by atoms with Gasteiger partial charge in [-0.05, 0) is 43.3 Å². The number of carbonyl (C=O) groups is 1. The number of para-hydroxylation sites is 1. The van der Waals surface area contributed by atoms with Gasteiger partial charge in [0.05, 0.1) is 5.69 Å². The number of hydrogen-bond acceptors (Lipinski definition) is 5. The maximum absolute atomic E-state index is 14.1. The minimum Gasteiger partial charge on any atom is -0.406 e. The van der Waals surface area contributed by atoms with Crippen LogP contribution in [0.25, 0.3) is 11.3 Å². The lowest BCUT2D eigenvalue weighted by atomic mass is 10.0. The van der Waals surface area contributed by atoms with E-state index in [1.807, 2.05) is 4.90 Å². The predicted octanol–water partition coefficient (Wildman–Crippen LogP) is 4.65. The molecule has 1 aliphatic heterocycles. The summed E-state index contributed by atoms with van der Waals surface area (Å²) in [5.74, 6) is -0.694. The molecule has 0 N–H and O–H groups in total. The van der Waals surface area contributed by atoms with Gasteiger partial charge < -0.3 is 19.1 Å². The van der Waals surface area contributed by atoms with Gasteiger partial charge in [-0.2, -0.15) is 0 Å². The number of anilines is 1. The second-order valence-corrected chi connectivity index (χ2v) is 7.27. The molecule has 4 rings (SSSR count). The Hall–Kier alpha value is -3.56. The summed E-state index contributed by atoms with van der Waals surface area (Å²) < 4.78 is 60.3. The van der Waals surface area contributed by atoms with Crippen molar-refractivity contribution in [3.05, 3.63) is 65.7 Å². The smallest absolute Gasteiger partial charge is 0.406 e. The van der Waals surface area contributed by atoms with Gasteiger partial charge in [0.1, 0.15) is 28.6 Å². The predicted molar refractivity (Wildman–Crippen MR) is 108 cm³/mol. The quantitative estimate of drug-likeness (QED) is 0.543. The highest BCUT2D eigenvalue weighted by molar-refractivity contribution is 6.01. The van der Waals surface area contributed by atoms with Crippen LogP contribution in [-0.2, 0) is 0 Å². The fraction of sp³-hybridized carbons (Fsp3) is 0.273. The van der Waals surface area contributed by atoms with Crippen LogP contribution in [0.2, 0.25) is 0 Å². The Labute approximate surface area is 181 Å². The van der Waals surface area contributed by atoms with Gasteiger partial charge in [0, 0.05) is 31.7 Å². The van der Waals surface area contributed by atoms with Gasteiger partial charge in [0.15, 0.2) is 0 Å². The van der Waals surface area contributed by atoms with Crippen molar-refractivity contribution in [1.29, 1.82) is 0 Å². The lowest BCUT2D eigenvalue weighted by Gasteiger charge is -2.36. The van der Waals surface area contributed by atoms with Crippen molar-refractivity contribution in [3.63, 3.8) is 0 Å². The highest BCUT2D eigenvalue weighted by Crippen LogP contribution is 2.30. The maximum atomic E-state index is 14.1. The summed E-state index contributed by atoms with van der Waals surface area (Å²) in [5, 5.41) is 3.93. The zero-order valence-electron chi connectivity index (χ0n) is 17.0. The second kappa shape index (κ2) is 8.52. The van der Waals surface area contributed by atoms with Crippen LogP contribution in [-0.4, -0.2) is 48.5 Å². The first-order valence-corrected chi connectivity index (χ1v) is 9.84. The number of alkyl halides is 3. The van der Waals surface area contributed by atoms with Crippen LogP contribution in [0.4, 0.5) is 23.2 Å². The molecule has 2 heterocycles. The molecule has 0 atom stereocenters. The number of nitrogens with zero attached hydrogens (tertiary/aromatic N) is 3. The average Bonchev–Trinajstić information content (AvgIpc) is 3.14. The first-order valence-electron chi connectivity index (χ1n) is 9.84. The van der Waals surface area contributed by atoms with Crippen molar-refractivity contribution >= 4 is 11.6 Å². The van der Waals surface area contributed by atoms with Gasteiger partial charge in [-0.1, -0.05) is 17.3 Å². The van der Waals surface area contributed by atoms with Crippen LogP contribution in [0, 0.1) is 12.7 Å². The lowest BCUT2D eigenvalue weighted by Crippen LogP contribution is -2.49. The molecule has 32 heavy (non-hydrogen) atoms. The van der Waals surface area contributed by atoms with Crippen molar-refractivity contribution in [3.8, 4) is 17.0 Å². The standard InChI is InChI=1S/C22H19F4N3O3/c1-14-19(20(27-32-14)15-6-8-16(9-7-15)31-22(24,25)26)21(30)29-12-10-28(11-13-29)18-5-3-2-4-17(18)23/h2-9H,10-13H2,1H3. The van der Waals surface area contributed by atoms with Gasteiger partial charge >= 0.3 is 6.36 Å². The van der Waals surface area contributed by atoms with E-state index >= 15 is 0 Å². The number of carbonyl (C=O) groups excluding carboxylic acids is 1. The van der Waals surface area contributed by atoms with E-state index in [-0.39, 0.29) is 28.7 Å². The third-order valence-corrected chi connectivity index (χ3v) is 5.20. The van der Waals surface area contributed by atoms with Gasteiger partial charge in [0.2, 0.25) is 0 Å². The summed E-state index contributed by atoms with van der Waals surface area (Å²) in [4.78, 5) is 16.7. The fourth-order valence-electron chi connectivity index (χ4n) is 3.65. The van der Waals surface area contributed by atoms with Gasteiger partial charge in [-0.25, -0.2) is 4.39 Å². The number of amides is 1. The van der Waals surface area contributed by atoms with Crippen LogP contribution < -0.4 is 9.64 Å². The number of rotatable bonds is 4. The van der Waals surface area contributed by atoms with E-state index in [1.165, 1.54) is 18.2 Å². The summed E-state index contributed by atoms with van der Waals surface area (Å²) in [6.45, 7) is 3.25. The zero-order valence-corrected chi connectivity index (χ0v) is 17.0. The van der Waals surface area contributed by atoms with Crippen molar-refractivity contribution in [1.82, 2.24) is 10.1 Å². The van der Waals surface area contributed by atoms with Crippen molar-refractivity contribution in [2.45, 2.75) is 13.3 Å². The molecule has 0 saturated carbocycles. The molecule has 10 heteroatoms. The van der Waals surface area contributed by atoms with E-state index in [1.54, 1.807) is 30.0 Å². The summed E-state index contributed by atoms with van der Waals surface area (Å²) in [5.41, 5.74) is 1.39. The zero-order chi connectivity index (χ0) is 22.9. The molecule has 6 nitrogen and oxygen atoms in total. The molecule has 3 aromatic rings. The van der Waals surface area contributed by atoms with Crippen LogP contribution >= 0.6 is 0 Å². The molecule has 2 aromatic carbocycles. The van der Waals surface area contributed by atoms with Crippen LogP contribution in [0.3, 0.4) is 0 Å². The first-order chi connectivity index (χ1) is 15.2. The molecule has 1 aliphatic rings. The van der Waals surface area contributed by atoms with E-state index in [9.17, 15) is 22.4 Å². The molecule has 1 saturated heterocycles. The topological polar surface area (TPSA) is 58.8 Å². The number of halogens is 4. The van der Waals surface area contributed by atoms with E-state index in [4.69, 9.17) is 4.52 Å². The highest BCUT2D eigenvalue weighted by atomic mass is 19.4. The van der Waals surface area contributed by atoms with E-state index < -0.39 is 6.36 Å². The summed E-state index contributed by atoms with van der Waals surface area (Å²) >= 11 is 0. The average molecular weight is 449 g/mol. The van der Waals surface area contributed by atoms with Crippen molar-refractivity contribution in [2.75, 3.05) is 31.1 Å². The number of aromatic nitrogens is 1. The van der Waals surface area contributed by atoms with Crippen molar-refractivity contribution in [2.24, 2.45) is 0 Å². The fourth-order valence-corrected chi connectivity index (χ4v) is 3.65. The molecule has 1 aromatic heterocycles. The summed E-state index contributed by atoms with van der Waals surface area (Å²) in [7, 11) is 0. The van der Waals surface area contributed by atoms with Gasteiger partial charge in [0.25, 0.3) is 5.91 Å². The van der Waals surface area contributed by atoms with Crippen LogP contribution in [0.15, 0.2) is 53.1 Å². The summed E-state index contributed by atoms with van der Waals surface area (Å²) in [6, 6.07) is 11.5. The number of ether oxygens (including phenoxy) is 1. The summed E-state index contributed by atoms with van der Waals surface area (Å²) in [6.07, 6.45) is -4.79. The molecule has 1 amide bonds. The van der Waals surface area contributed by atoms with E-state index in [0.717, 1.165) is 12.1 Å². The van der Waals surface area contributed by atoms with Crippen LogP contribution in [0.5, 0.6) is 5.75 Å². The van der Waals surface area contributed by atoms with E-state index in [2.05, 4.69) is 9.89 Å². The third-order valence-electron chi connectivity index (χ3n) is 5.20. The minimum atomic E-state index is -4.79.